The Morgan fingerprint density at radius 2 is 2.47 bits per heavy atom. The molecule has 0 aliphatic carbocycles. The predicted octanol–water partition coefficient (Wildman–Crippen LogP) is 2.46. The van der Waals surface area contributed by atoms with Crippen molar-refractivity contribution in [2.75, 3.05) is 24.7 Å². The minimum Gasteiger partial charge on any atom is -0.494 e. The molecule has 0 radical (unpaired) electrons. The number of thioether (sulfide) groups is 1. The molecule has 1 aliphatic heterocycles. The lowest BCUT2D eigenvalue weighted by atomic mass is 10.1. The average molecular weight is 223 g/mol. The Morgan fingerprint density at radius 3 is 3.20 bits per heavy atom. The molecule has 1 aromatic rings. The van der Waals surface area contributed by atoms with Crippen LogP contribution in [0.3, 0.4) is 0 Å². The van der Waals surface area contributed by atoms with E-state index in [2.05, 4.69) is 23.5 Å². The molecule has 0 aromatic heterocycles. The molecular weight excluding hydrogens is 206 g/mol. The molecule has 2 rings (SSSR count). The van der Waals surface area contributed by atoms with Crippen molar-refractivity contribution in [3.05, 3.63) is 29.8 Å². The van der Waals surface area contributed by atoms with E-state index in [0.717, 1.165) is 24.7 Å². The topological polar surface area (TPSA) is 21.3 Å². The van der Waals surface area contributed by atoms with Gasteiger partial charge in [-0.3, -0.25) is 0 Å². The molecule has 15 heavy (non-hydrogen) atoms. The van der Waals surface area contributed by atoms with Crippen molar-refractivity contribution in [3.63, 3.8) is 0 Å². The Labute approximate surface area is 95.4 Å². The number of hydrogen-bond donors (Lipinski definition) is 1. The molecular formula is C12H17NOS. The lowest BCUT2D eigenvalue weighted by Crippen LogP contribution is -2.30. The molecule has 1 atom stereocenters. The van der Waals surface area contributed by atoms with Gasteiger partial charge in [0.1, 0.15) is 5.75 Å². The third-order valence-corrected chi connectivity index (χ3v) is 3.55. The highest BCUT2D eigenvalue weighted by atomic mass is 32.2. The lowest BCUT2D eigenvalue weighted by Gasteiger charge is -2.23. The summed E-state index contributed by atoms with van der Waals surface area (Å²) >= 11 is 2.01. The smallest absolute Gasteiger partial charge is 0.119 e. The fraction of sp³-hybridized carbons (Fsp3) is 0.500. The average Bonchev–Trinajstić information content (AvgIpc) is 2.31. The molecule has 1 aliphatic rings. The van der Waals surface area contributed by atoms with Gasteiger partial charge < -0.3 is 10.1 Å². The Balaban J connectivity index is 2.09. The van der Waals surface area contributed by atoms with Crippen molar-refractivity contribution in [2.45, 2.75) is 13.0 Å². The molecule has 1 fully saturated rings. The molecule has 1 heterocycles. The van der Waals surface area contributed by atoms with Crippen LogP contribution in [0, 0.1) is 0 Å². The predicted molar refractivity (Wildman–Crippen MR) is 65.7 cm³/mol. The quantitative estimate of drug-likeness (QED) is 0.850. The third-order valence-electron chi connectivity index (χ3n) is 2.49. The van der Waals surface area contributed by atoms with Gasteiger partial charge in [0.25, 0.3) is 0 Å². The maximum atomic E-state index is 5.50. The van der Waals surface area contributed by atoms with Gasteiger partial charge in [-0.2, -0.15) is 11.8 Å². The summed E-state index contributed by atoms with van der Waals surface area (Å²) in [5.41, 5.74) is 1.34. The fourth-order valence-electron chi connectivity index (χ4n) is 1.77. The van der Waals surface area contributed by atoms with Gasteiger partial charge in [-0.1, -0.05) is 12.1 Å². The van der Waals surface area contributed by atoms with E-state index in [1.807, 2.05) is 24.8 Å². The molecule has 0 spiro atoms. The van der Waals surface area contributed by atoms with E-state index in [9.17, 15) is 0 Å². The van der Waals surface area contributed by atoms with Crippen LogP contribution in [0.4, 0.5) is 0 Å². The first-order valence-electron chi connectivity index (χ1n) is 5.44. The highest BCUT2D eigenvalue weighted by molar-refractivity contribution is 7.99. The van der Waals surface area contributed by atoms with E-state index in [1.165, 1.54) is 11.3 Å². The highest BCUT2D eigenvalue weighted by Gasteiger charge is 2.14. The number of ether oxygens (including phenoxy) is 1. The second kappa shape index (κ2) is 5.42. The largest absolute Gasteiger partial charge is 0.494 e. The molecule has 0 bridgehead atoms. The maximum absolute atomic E-state index is 5.50. The minimum absolute atomic E-state index is 0.490. The lowest BCUT2D eigenvalue weighted by molar-refractivity contribution is 0.339. The summed E-state index contributed by atoms with van der Waals surface area (Å²) in [6.45, 7) is 3.85. The standard InChI is InChI=1S/C12H17NOS/c1-2-14-11-5-3-4-10(8-11)12-9-15-7-6-13-12/h3-5,8,12-13H,2,6-7,9H2,1H3. The first-order valence-corrected chi connectivity index (χ1v) is 6.59. The van der Waals surface area contributed by atoms with E-state index >= 15 is 0 Å². The van der Waals surface area contributed by atoms with Gasteiger partial charge in [-0.05, 0) is 24.6 Å². The van der Waals surface area contributed by atoms with Crippen LogP contribution < -0.4 is 10.1 Å². The zero-order valence-corrected chi connectivity index (χ0v) is 9.85. The second-order valence-corrected chi connectivity index (χ2v) is 4.74. The zero-order valence-electron chi connectivity index (χ0n) is 9.03. The van der Waals surface area contributed by atoms with E-state index in [-0.39, 0.29) is 0 Å². The summed E-state index contributed by atoms with van der Waals surface area (Å²) < 4.78 is 5.50. The van der Waals surface area contributed by atoms with Gasteiger partial charge >= 0.3 is 0 Å². The van der Waals surface area contributed by atoms with Crippen LogP contribution in [0.5, 0.6) is 5.75 Å². The van der Waals surface area contributed by atoms with Crippen molar-refractivity contribution in [2.24, 2.45) is 0 Å². The SMILES string of the molecule is CCOc1cccc(C2CSCCN2)c1. The van der Waals surface area contributed by atoms with Crippen LogP contribution in [0.15, 0.2) is 24.3 Å². The summed E-state index contributed by atoms with van der Waals surface area (Å²) in [5.74, 6) is 3.37. The second-order valence-electron chi connectivity index (χ2n) is 3.59. The molecule has 3 heteroatoms. The minimum atomic E-state index is 0.490. The summed E-state index contributed by atoms with van der Waals surface area (Å²) in [7, 11) is 0. The zero-order chi connectivity index (χ0) is 10.5. The van der Waals surface area contributed by atoms with E-state index in [1.54, 1.807) is 0 Å². The Bertz CT molecular complexity index is 310. The Hall–Kier alpha value is -0.670. The van der Waals surface area contributed by atoms with Crippen LogP contribution in [0.1, 0.15) is 18.5 Å². The van der Waals surface area contributed by atoms with Crippen molar-refractivity contribution in [3.8, 4) is 5.75 Å². The fourth-order valence-corrected chi connectivity index (χ4v) is 2.74. The van der Waals surface area contributed by atoms with Crippen LogP contribution in [0.25, 0.3) is 0 Å². The van der Waals surface area contributed by atoms with Crippen molar-refractivity contribution >= 4 is 11.8 Å². The molecule has 1 N–H and O–H groups in total. The van der Waals surface area contributed by atoms with Crippen LogP contribution >= 0.6 is 11.8 Å². The van der Waals surface area contributed by atoms with Crippen LogP contribution in [0.2, 0.25) is 0 Å². The summed E-state index contributed by atoms with van der Waals surface area (Å²) in [6.07, 6.45) is 0. The molecule has 1 saturated heterocycles. The van der Waals surface area contributed by atoms with Gasteiger partial charge in [0, 0.05) is 24.1 Å². The third kappa shape index (κ3) is 2.89. The van der Waals surface area contributed by atoms with Gasteiger partial charge in [-0.15, -0.1) is 0 Å². The first kappa shape index (κ1) is 10.8. The van der Waals surface area contributed by atoms with Crippen LogP contribution in [-0.2, 0) is 0 Å². The van der Waals surface area contributed by atoms with Crippen molar-refractivity contribution < 1.29 is 4.74 Å². The monoisotopic (exact) mass is 223 g/mol. The van der Waals surface area contributed by atoms with Gasteiger partial charge in [-0.25, -0.2) is 0 Å². The molecule has 0 saturated carbocycles. The summed E-state index contributed by atoms with van der Waals surface area (Å²) in [6, 6.07) is 8.90. The number of hydrogen-bond acceptors (Lipinski definition) is 3. The number of nitrogens with one attached hydrogen (secondary N) is 1. The van der Waals surface area contributed by atoms with Crippen molar-refractivity contribution in [1.82, 2.24) is 5.32 Å². The van der Waals surface area contributed by atoms with Crippen molar-refractivity contribution in [1.29, 1.82) is 0 Å². The van der Waals surface area contributed by atoms with Gasteiger partial charge in [0.15, 0.2) is 0 Å². The Kier molecular flexibility index (Phi) is 3.92. The van der Waals surface area contributed by atoms with Gasteiger partial charge in [0.05, 0.1) is 6.61 Å². The molecule has 2 nitrogen and oxygen atoms in total. The maximum Gasteiger partial charge on any atom is 0.119 e. The van der Waals surface area contributed by atoms with E-state index in [4.69, 9.17) is 4.74 Å². The Morgan fingerprint density at radius 1 is 1.53 bits per heavy atom. The van der Waals surface area contributed by atoms with Crippen LogP contribution in [-0.4, -0.2) is 24.7 Å². The van der Waals surface area contributed by atoms with E-state index < -0.39 is 0 Å². The molecule has 1 unspecified atom stereocenters. The van der Waals surface area contributed by atoms with Gasteiger partial charge in [0.2, 0.25) is 0 Å². The number of benzene rings is 1. The summed E-state index contributed by atoms with van der Waals surface area (Å²) in [4.78, 5) is 0. The van der Waals surface area contributed by atoms with E-state index in [0.29, 0.717) is 6.04 Å². The normalized spacial score (nSPS) is 21.3. The highest BCUT2D eigenvalue weighted by Crippen LogP contribution is 2.24. The summed E-state index contributed by atoms with van der Waals surface area (Å²) in [5, 5.41) is 3.53. The first-order chi connectivity index (χ1) is 7.40. The number of rotatable bonds is 3. The molecule has 1 aromatic carbocycles. The molecule has 0 amide bonds. The molecule has 82 valence electrons.